The van der Waals surface area contributed by atoms with E-state index < -0.39 is 0 Å². The maximum absolute atomic E-state index is 6.21. The molecule has 0 radical (unpaired) electrons. The van der Waals surface area contributed by atoms with Crippen molar-refractivity contribution in [3.05, 3.63) is 23.8 Å². The molecule has 1 aromatic rings. The smallest absolute Gasteiger partial charge is 0.125 e. The first-order chi connectivity index (χ1) is 10.0. The highest BCUT2D eigenvalue weighted by Crippen LogP contribution is 2.35. The van der Waals surface area contributed by atoms with Crippen LogP contribution in [0.1, 0.15) is 51.6 Å². The van der Waals surface area contributed by atoms with Crippen molar-refractivity contribution in [2.45, 2.75) is 46.1 Å². The summed E-state index contributed by atoms with van der Waals surface area (Å²) in [6.45, 7) is 8.97. The lowest BCUT2D eigenvalue weighted by Gasteiger charge is -2.28. The largest absolute Gasteiger partial charge is 0.496 e. The zero-order valence-corrected chi connectivity index (χ0v) is 13.9. The molecule has 0 aliphatic carbocycles. The Hall–Kier alpha value is -1.22. The van der Waals surface area contributed by atoms with Crippen LogP contribution in [0.25, 0.3) is 0 Å². The van der Waals surface area contributed by atoms with Crippen molar-refractivity contribution >= 4 is 5.69 Å². The number of hydrogen-bond acceptors (Lipinski definition) is 3. The number of hydrogen-bond donors (Lipinski definition) is 1. The maximum atomic E-state index is 6.21. The van der Waals surface area contributed by atoms with Crippen LogP contribution < -0.4 is 15.4 Å². The van der Waals surface area contributed by atoms with Crippen LogP contribution in [0.4, 0.5) is 5.69 Å². The fourth-order valence-corrected chi connectivity index (χ4v) is 3.47. The van der Waals surface area contributed by atoms with Crippen molar-refractivity contribution in [3.8, 4) is 5.75 Å². The molecule has 21 heavy (non-hydrogen) atoms. The molecule has 1 heterocycles. The first-order valence-electron chi connectivity index (χ1n) is 8.22. The summed E-state index contributed by atoms with van der Waals surface area (Å²) in [7, 11) is 1.72. The first-order valence-corrected chi connectivity index (χ1v) is 8.22. The second-order valence-electron chi connectivity index (χ2n) is 6.60. The van der Waals surface area contributed by atoms with E-state index in [1.54, 1.807) is 7.11 Å². The van der Waals surface area contributed by atoms with Crippen LogP contribution in [-0.2, 0) is 0 Å². The van der Waals surface area contributed by atoms with E-state index in [4.69, 9.17) is 10.5 Å². The van der Waals surface area contributed by atoms with Gasteiger partial charge in [-0.2, -0.15) is 0 Å². The van der Waals surface area contributed by atoms with Gasteiger partial charge in [-0.05, 0) is 50.2 Å². The Morgan fingerprint density at radius 2 is 1.95 bits per heavy atom. The summed E-state index contributed by atoms with van der Waals surface area (Å²) >= 11 is 0. The molecule has 0 saturated carbocycles. The molecule has 1 aromatic carbocycles. The van der Waals surface area contributed by atoms with Crippen molar-refractivity contribution in [1.82, 2.24) is 0 Å². The van der Waals surface area contributed by atoms with Crippen LogP contribution >= 0.6 is 0 Å². The van der Waals surface area contributed by atoms with Crippen molar-refractivity contribution in [1.29, 1.82) is 0 Å². The van der Waals surface area contributed by atoms with Gasteiger partial charge in [-0.1, -0.05) is 19.9 Å². The Labute approximate surface area is 129 Å². The van der Waals surface area contributed by atoms with E-state index in [1.165, 1.54) is 24.9 Å². The van der Waals surface area contributed by atoms with Crippen LogP contribution in [0.15, 0.2) is 18.2 Å². The molecule has 0 spiro atoms. The van der Waals surface area contributed by atoms with Crippen LogP contribution in [0, 0.1) is 11.8 Å². The number of anilines is 1. The Balaban J connectivity index is 2.25. The van der Waals surface area contributed by atoms with E-state index >= 15 is 0 Å². The Bertz CT molecular complexity index is 457. The molecule has 2 N–H and O–H groups in total. The fourth-order valence-electron chi connectivity index (χ4n) is 3.47. The predicted octanol–water partition coefficient (Wildman–Crippen LogP) is 3.98. The highest BCUT2D eigenvalue weighted by molar-refractivity contribution is 5.60. The van der Waals surface area contributed by atoms with E-state index in [1.807, 2.05) is 13.0 Å². The van der Waals surface area contributed by atoms with Crippen molar-refractivity contribution in [2.24, 2.45) is 17.6 Å². The van der Waals surface area contributed by atoms with Gasteiger partial charge in [0.2, 0.25) is 0 Å². The average molecular weight is 290 g/mol. The fraction of sp³-hybridized carbons (Fsp3) is 0.667. The van der Waals surface area contributed by atoms with Gasteiger partial charge in [0.15, 0.2) is 0 Å². The van der Waals surface area contributed by atoms with E-state index in [0.717, 1.165) is 36.2 Å². The number of nitrogens with zero attached hydrogens (tertiary/aromatic N) is 1. The third kappa shape index (κ3) is 3.70. The number of benzene rings is 1. The third-order valence-corrected chi connectivity index (χ3v) is 4.77. The second-order valence-corrected chi connectivity index (χ2v) is 6.60. The summed E-state index contributed by atoms with van der Waals surface area (Å²) in [6.07, 6.45) is 3.87. The molecule has 2 atom stereocenters. The van der Waals surface area contributed by atoms with Crippen LogP contribution in [0.5, 0.6) is 5.75 Å². The Kier molecular flexibility index (Phi) is 5.51. The van der Waals surface area contributed by atoms with Gasteiger partial charge in [-0.15, -0.1) is 0 Å². The molecule has 3 nitrogen and oxygen atoms in total. The summed E-state index contributed by atoms with van der Waals surface area (Å²) in [5.74, 6) is 2.54. The van der Waals surface area contributed by atoms with Gasteiger partial charge in [0, 0.05) is 30.4 Å². The second kappa shape index (κ2) is 7.17. The van der Waals surface area contributed by atoms with Gasteiger partial charge >= 0.3 is 0 Å². The molecule has 0 amide bonds. The maximum Gasteiger partial charge on any atom is 0.125 e. The van der Waals surface area contributed by atoms with E-state index in [-0.39, 0.29) is 6.04 Å². The molecular formula is C18H30N2O. The van der Waals surface area contributed by atoms with Crippen LogP contribution in [0.2, 0.25) is 0 Å². The number of rotatable bonds is 4. The topological polar surface area (TPSA) is 38.5 Å². The predicted molar refractivity (Wildman–Crippen MR) is 90.0 cm³/mol. The molecule has 1 aliphatic rings. The van der Waals surface area contributed by atoms with Crippen LogP contribution in [-0.4, -0.2) is 20.2 Å². The first kappa shape index (κ1) is 16.2. The highest BCUT2D eigenvalue weighted by atomic mass is 16.5. The van der Waals surface area contributed by atoms with Gasteiger partial charge in [-0.3, -0.25) is 0 Å². The van der Waals surface area contributed by atoms with Crippen molar-refractivity contribution in [3.63, 3.8) is 0 Å². The van der Waals surface area contributed by atoms with Gasteiger partial charge in [0.1, 0.15) is 5.75 Å². The lowest BCUT2D eigenvalue weighted by molar-refractivity contribution is 0.351. The molecule has 2 rings (SSSR count). The third-order valence-electron chi connectivity index (χ3n) is 4.77. The zero-order valence-electron chi connectivity index (χ0n) is 13.9. The zero-order chi connectivity index (χ0) is 15.4. The molecule has 0 aromatic heterocycles. The molecule has 1 aliphatic heterocycles. The number of nitrogens with two attached hydrogens (primary N) is 1. The van der Waals surface area contributed by atoms with E-state index in [2.05, 4.69) is 30.9 Å². The normalized spacial score (nSPS) is 21.2. The average Bonchev–Trinajstić information content (AvgIpc) is 2.72. The summed E-state index contributed by atoms with van der Waals surface area (Å²) in [5.41, 5.74) is 8.61. The molecule has 3 heteroatoms. The molecule has 1 fully saturated rings. The quantitative estimate of drug-likeness (QED) is 0.911. The lowest BCUT2D eigenvalue weighted by atomic mass is 9.89. The van der Waals surface area contributed by atoms with Gasteiger partial charge in [0.25, 0.3) is 0 Å². The molecular weight excluding hydrogens is 260 g/mol. The minimum atomic E-state index is -0.0136. The standard InChI is InChI=1S/C18H30N2O/c1-13(2)15-7-6-11-20(12-10-15)16-8-5-9-17(21-4)18(16)14(3)19/h5,8-9,13-15H,6-7,10-12,19H2,1-4H3. The van der Waals surface area contributed by atoms with Crippen molar-refractivity contribution < 1.29 is 4.74 Å². The highest BCUT2D eigenvalue weighted by Gasteiger charge is 2.23. The Morgan fingerprint density at radius 3 is 2.57 bits per heavy atom. The molecule has 1 saturated heterocycles. The number of methoxy groups -OCH3 is 1. The summed E-state index contributed by atoms with van der Waals surface area (Å²) < 4.78 is 5.52. The molecule has 0 bridgehead atoms. The summed E-state index contributed by atoms with van der Waals surface area (Å²) in [6, 6.07) is 6.26. The van der Waals surface area contributed by atoms with Crippen molar-refractivity contribution in [2.75, 3.05) is 25.1 Å². The van der Waals surface area contributed by atoms with E-state index in [0.29, 0.717) is 0 Å². The molecule has 118 valence electrons. The van der Waals surface area contributed by atoms with Gasteiger partial charge in [0.05, 0.1) is 7.11 Å². The van der Waals surface area contributed by atoms with Gasteiger partial charge < -0.3 is 15.4 Å². The lowest BCUT2D eigenvalue weighted by Crippen LogP contribution is -2.27. The minimum Gasteiger partial charge on any atom is -0.496 e. The monoisotopic (exact) mass is 290 g/mol. The summed E-state index contributed by atoms with van der Waals surface area (Å²) in [5, 5.41) is 0. The molecule has 2 unspecified atom stereocenters. The summed E-state index contributed by atoms with van der Waals surface area (Å²) in [4.78, 5) is 2.50. The van der Waals surface area contributed by atoms with E-state index in [9.17, 15) is 0 Å². The number of ether oxygens (including phenoxy) is 1. The van der Waals surface area contributed by atoms with Crippen LogP contribution in [0.3, 0.4) is 0 Å². The van der Waals surface area contributed by atoms with Gasteiger partial charge in [-0.25, -0.2) is 0 Å². The minimum absolute atomic E-state index is 0.0136. The Morgan fingerprint density at radius 1 is 1.19 bits per heavy atom. The SMILES string of the molecule is COc1cccc(N2CCCC(C(C)C)CC2)c1C(C)N.